The average Bonchev–Trinajstić information content (AvgIpc) is 2.80. The summed E-state index contributed by atoms with van der Waals surface area (Å²) < 4.78 is 5.50. The molecule has 162 valence electrons. The van der Waals surface area contributed by atoms with Crippen LogP contribution >= 0.6 is 0 Å². The lowest BCUT2D eigenvalue weighted by Crippen LogP contribution is -2.11. The molecular weight excluding hydrogens is 388 g/mol. The first-order chi connectivity index (χ1) is 15.1. The molecule has 0 amide bonds. The molecule has 0 bridgehead atoms. The van der Waals surface area contributed by atoms with E-state index in [1.165, 1.54) is 17.2 Å². The van der Waals surface area contributed by atoms with Gasteiger partial charge in [-0.3, -0.25) is 0 Å². The van der Waals surface area contributed by atoms with Gasteiger partial charge in [-0.1, -0.05) is 86.1 Å². The van der Waals surface area contributed by atoms with Crippen LogP contribution in [-0.4, -0.2) is 28.9 Å². The maximum atomic E-state index is 10.4. The third kappa shape index (κ3) is 9.79. The maximum absolute atomic E-state index is 10.4. The van der Waals surface area contributed by atoms with Crippen LogP contribution in [-0.2, 0) is 4.79 Å². The first-order valence-electron chi connectivity index (χ1n) is 10.5. The summed E-state index contributed by atoms with van der Waals surface area (Å²) in [5, 5.41) is 18.1. The molecule has 1 unspecified atom stereocenters. The van der Waals surface area contributed by atoms with Crippen molar-refractivity contribution in [3.05, 3.63) is 96.6 Å². The van der Waals surface area contributed by atoms with Gasteiger partial charge in [0.25, 0.3) is 0 Å². The summed E-state index contributed by atoms with van der Waals surface area (Å²) in [4.78, 5) is 10.4. The highest BCUT2D eigenvalue weighted by Crippen LogP contribution is 2.17. The zero-order chi connectivity index (χ0) is 22.3. The van der Waals surface area contributed by atoms with Crippen LogP contribution in [0.4, 0.5) is 0 Å². The van der Waals surface area contributed by atoms with Gasteiger partial charge in [-0.05, 0) is 41.3 Å². The topological polar surface area (TPSA) is 66.8 Å². The fraction of sp³-hybridized carbons (Fsp3) is 0.222. The molecular formula is C27H30O4. The first kappa shape index (κ1) is 23.9. The monoisotopic (exact) mass is 418 g/mol. The number of aliphatic carboxylic acids is 1. The highest BCUT2D eigenvalue weighted by Gasteiger charge is 2.02. The average molecular weight is 419 g/mol. The van der Waals surface area contributed by atoms with Crippen molar-refractivity contribution in [3.63, 3.8) is 0 Å². The van der Waals surface area contributed by atoms with Gasteiger partial charge in [-0.2, -0.15) is 0 Å². The lowest BCUT2D eigenvalue weighted by atomic mass is 10.1. The van der Waals surface area contributed by atoms with Crippen LogP contribution < -0.4 is 4.74 Å². The second-order valence-electron chi connectivity index (χ2n) is 7.05. The zero-order valence-corrected chi connectivity index (χ0v) is 17.9. The molecule has 0 aliphatic carbocycles. The quantitative estimate of drug-likeness (QED) is 0.414. The van der Waals surface area contributed by atoms with Gasteiger partial charge in [0.2, 0.25) is 0 Å². The molecule has 31 heavy (non-hydrogen) atoms. The van der Waals surface area contributed by atoms with Crippen LogP contribution in [0, 0.1) is 0 Å². The van der Waals surface area contributed by atoms with Gasteiger partial charge >= 0.3 is 5.97 Å². The van der Waals surface area contributed by atoms with Crippen LogP contribution in [0.1, 0.15) is 31.7 Å². The second-order valence-corrected chi connectivity index (χ2v) is 7.05. The van der Waals surface area contributed by atoms with Gasteiger partial charge in [-0.25, -0.2) is 4.79 Å². The van der Waals surface area contributed by atoms with Crippen molar-refractivity contribution >= 4 is 12.0 Å². The number of rotatable bonds is 9. The number of hydrogen-bond donors (Lipinski definition) is 2. The van der Waals surface area contributed by atoms with Crippen molar-refractivity contribution in [2.45, 2.75) is 32.3 Å². The Morgan fingerprint density at radius 2 is 1.42 bits per heavy atom. The van der Waals surface area contributed by atoms with Crippen LogP contribution in [0.2, 0.25) is 0 Å². The highest BCUT2D eigenvalue weighted by molar-refractivity contribution is 5.85. The Morgan fingerprint density at radius 1 is 0.871 bits per heavy atom. The minimum atomic E-state index is -0.967. The van der Waals surface area contributed by atoms with E-state index < -0.39 is 5.97 Å². The predicted octanol–water partition coefficient (Wildman–Crippen LogP) is 6.07. The summed E-state index contributed by atoms with van der Waals surface area (Å²) >= 11 is 0. The summed E-state index contributed by atoms with van der Waals surface area (Å²) in [6, 6.07) is 27.9. The van der Waals surface area contributed by atoms with Crippen molar-refractivity contribution in [3.8, 4) is 16.9 Å². The molecule has 0 radical (unpaired) electrons. The van der Waals surface area contributed by atoms with E-state index in [1.54, 1.807) is 24.3 Å². The number of benzene rings is 3. The third-order valence-corrected chi connectivity index (χ3v) is 4.52. The molecule has 3 rings (SSSR count). The van der Waals surface area contributed by atoms with Crippen molar-refractivity contribution in [2.24, 2.45) is 0 Å². The SMILES string of the molecule is CCCC(O)CCOc1ccc(C=CC(=O)O)cc1.c1ccc(-c2ccccc2)cc1. The lowest BCUT2D eigenvalue weighted by molar-refractivity contribution is -0.131. The fourth-order valence-electron chi connectivity index (χ4n) is 2.89. The number of carboxylic acids is 1. The molecule has 2 N–H and O–H groups in total. The Morgan fingerprint density at radius 3 is 1.90 bits per heavy atom. The Balaban J connectivity index is 0.000000242. The second kappa shape index (κ2) is 13.8. The van der Waals surface area contributed by atoms with E-state index in [1.807, 2.05) is 19.1 Å². The van der Waals surface area contributed by atoms with Crippen LogP contribution in [0.3, 0.4) is 0 Å². The molecule has 0 spiro atoms. The number of carbonyl (C=O) groups is 1. The first-order valence-corrected chi connectivity index (χ1v) is 10.5. The van der Waals surface area contributed by atoms with Gasteiger partial charge < -0.3 is 14.9 Å². The Labute approximate surface area is 184 Å². The molecule has 0 fully saturated rings. The van der Waals surface area contributed by atoms with Gasteiger partial charge in [0, 0.05) is 12.5 Å². The normalized spacial score (nSPS) is 11.4. The summed E-state index contributed by atoms with van der Waals surface area (Å²) in [6.07, 6.45) is 4.69. The zero-order valence-electron chi connectivity index (χ0n) is 17.9. The van der Waals surface area contributed by atoms with Crippen molar-refractivity contribution in [2.75, 3.05) is 6.61 Å². The number of aliphatic hydroxyl groups excluding tert-OH is 1. The van der Waals surface area contributed by atoms with E-state index in [9.17, 15) is 9.90 Å². The van der Waals surface area contributed by atoms with E-state index in [4.69, 9.17) is 9.84 Å². The molecule has 0 aromatic heterocycles. The third-order valence-electron chi connectivity index (χ3n) is 4.52. The number of ether oxygens (including phenoxy) is 1. The number of carboxylic acid groups (broad SMARTS) is 1. The summed E-state index contributed by atoms with van der Waals surface area (Å²) in [5.74, 6) is -0.249. The molecule has 0 aliphatic rings. The lowest BCUT2D eigenvalue weighted by Gasteiger charge is -2.10. The van der Waals surface area contributed by atoms with E-state index in [0.29, 0.717) is 13.0 Å². The van der Waals surface area contributed by atoms with E-state index in [2.05, 4.69) is 48.5 Å². The van der Waals surface area contributed by atoms with E-state index >= 15 is 0 Å². The molecule has 0 saturated heterocycles. The van der Waals surface area contributed by atoms with Gasteiger partial charge in [0.15, 0.2) is 0 Å². The minimum absolute atomic E-state index is 0.303. The molecule has 4 nitrogen and oxygen atoms in total. The largest absolute Gasteiger partial charge is 0.493 e. The van der Waals surface area contributed by atoms with Crippen molar-refractivity contribution in [1.29, 1.82) is 0 Å². The maximum Gasteiger partial charge on any atom is 0.328 e. The molecule has 0 heterocycles. The summed E-state index contributed by atoms with van der Waals surface area (Å²) in [6.45, 7) is 2.51. The van der Waals surface area contributed by atoms with Crippen LogP contribution in [0.5, 0.6) is 5.75 Å². The van der Waals surface area contributed by atoms with Gasteiger partial charge in [-0.15, -0.1) is 0 Å². The summed E-state index contributed by atoms with van der Waals surface area (Å²) in [7, 11) is 0. The smallest absolute Gasteiger partial charge is 0.328 e. The molecule has 3 aromatic carbocycles. The van der Waals surface area contributed by atoms with Crippen molar-refractivity contribution < 1.29 is 19.7 Å². The van der Waals surface area contributed by atoms with Gasteiger partial charge in [0.1, 0.15) is 5.75 Å². The van der Waals surface area contributed by atoms with Crippen LogP contribution in [0.15, 0.2) is 91.0 Å². The van der Waals surface area contributed by atoms with E-state index in [0.717, 1.165) is 30.2 Å². The molecule has 1 atom stereocenters. The number of aliphatic hydroxyl groups is 1. The standard InChI is InChI=1S/C15H20O4.C12H10/c1-2-3-13(16)10-11-19-14-7-4-12(5-8-14)6-9-15(17)18;1-3-7-11(8-4-1)12-9-5-2-6-10-12/h4-9,13,16H,2-3,10-11H2,1H3,(H,17,18);1-10H. The van der Waals surface area contributed by atoms with Crippen molar-refractivity contribution in [1.82, 2.24) is 0 Å². The Bertz CT molecular complexity index is 865. The Hall–Kier alpha value is -3.37. The minimum Gasteiger partial charge on any atom is -0.493 e. The Kier molecular flexibility index (Phi) is 10.6. The van der Waals surface area contributed by atoms with E-state index in [-0.39, 0.29) is 6.10 Å². The van der Waals surface area contributed by atoms with Gasteiger partial charge in [0.05, 0.1) is 12.7 Å². The molecule has 0 aliphatic heterocycles. The summed E-state index contributed by atoms with van der Waals surface area (Å²) in [5.41, 5.74) is 3.36. The molecule has 4 heteroatoms. The highest BCUT2D eigenvalue weighted by atomic mass is 16.5. The van der Waals surface area contributed by atoms with Crippen LogP contribution in [0.25, 0.3) is 17.2 Å². The fourth-order valence-corrected chi connectivity index (χ4v) is 2.89. The predicted molar refractivity (Wildman–Crippen MR) is 126 cm³/mol. The number of hydrogen-bond acceptors (Lipinski definition) is 3. The molecule has 3 aromatic rings. The molecule has 0 saturated carbocycles.